The number of hydrogen-bond donors (Lipinski definition) is 7. The second kappa shape index (κ2) is 11.8. The van der Waals surface area contributed by atoms with E-state index in [9.17, 15) is 39.9 Å². The third-order valence-corrected chi connectivity index (χ3v) is 4.44. The lowest BCUT2D eigenvalue weighted by Crippen LogP contribution is -2.40. The van der Waals surface area contributed by atoms with Crippen molar-refractivity contribution in [2.45, 2.75) is 18.9 Å². The van der Waals surface area contributed by atoms with E-state index in [1.165, 1.54) is 54.6 Å². The molecular weight excluding hydrogens is 432 g/mol. The summed E-state index contributed by atoms with van der Waals surface area (Å²) in [5.74, 6) is -3.54. The third-order valence-electron chi connectivity index (χ3n) is 4.44. The fourth-order valence-electron chi connectivity index (χ4n) is 2.69. The van der Waals surface area contributed by atoms with Gasteiger partial charge < -0.3 is 36.2 Å². The van der Waals surface area contributed by atoms with Crippen molar-refractivity contribution >= 4 is 29.9 Å². The van der Waals surface area contributed by atoms with Crippen LogP contribution in [0.15, 0.2) is 48.6 Å². The zero-order valence-corrected chi connectivity index (χ0v) is 17.4. The minimum absolute atomic E-state index is 0.0741. The minimum atomic E-state index is -1.22. The molecule has 10 heteroatoms. The predicted molar refractivity (Wildman–Crippen MR) is 119 cm³/mol. The van der Waals surface area contributed by atoms with Gasteiger partial charge in [-0.3, -0.25) is 9.59 Å². The van der Waals surface area contributed by atoms with Gasteiger partial charge in [0, 0.05) is 18.7 Å². The third kappa shape index (κ3) is 8.29. The van der Waals surface area contributed by atoms with E-state index in [2.05, 4.69) is 10.6 Å². The highest BCUT2D eigenvalue weighted by atomic mass is 16.4. The van der Waals surface area contributed by atoms with E-state index in [4.69, 9.17) is 0 Å². The van der Waals surface area contributed by atoms with E-state index in [1.54, 1.807) is 0 Å². The number of aromatic hydroxyl groups is 4. The van der Waals surface area contributed by atoms with Crippen molar-refractivity contribution in [1.29, 1.82) is 0 Å². The van der Waals surface area contributed by atoms with Crippen molar-refractivity contribution in [2.24, 2.45) is 0 Å². The number of carboxylic acid groups (broad SMARTS) is 1. The van der Waals surface area contributed by atoms with E-state index < -0.39 is 23.8 Å². The summed E-state index contributed by atoms with van der Waals surface area (Å²) in [6.45, 7) is 0.173. The average Bonchev–Trinajstić information content (AvgIpc) is 2.77. The smallest absolute Gasteiger partial charge is 0.326 e. The van der Waals surface area contributed by atoms with E-state index in [0.717, 1.165) is 6.08 Å². The largest absolute Gasteiger partial charge is 0.504 e. The lowest BCUT2D eigenvalue weighted by atomic mass is 10.1. The summed E-state index contributed by atoms with van der Waals surface area (Å²) < 4.78 is 0. The van der Waals surface area contributed by atoms with Gasteiger partial charge in [-0.1, -0.05) is 12.1 Å². The Balaban J connectivity index is 1.78. The number of phenols is 4. The van der Waals surface area contributed by atoms with Gasteiger partial charge in [-0.2, -0.15) is 0 Å². The van der Waals surface area contributed by atoms with Crippen LogP contribution in [0.4, 0.5) is 0 Å². The highest BCUT2D eigenvalue weighted by Gasteiger charge is 2.18. The van der Waals surface area contributed by atoms with E-state index in [1.807, 2.05) is 0 Å². The van der Waals surface area contributed by atoms with E-state index in [-0.39, 0.29) is 42.4 Å². The van der Waals surface area contributed by atoms with Crippen molar-refractivity contribution in [3.05, 3.63) is 59.7 Å². The first-order valence-corrected chi connectivity index (χ1v) is 9.87. The molecule has 0 radical (unpaired) electrons. The molecule has 0 unspecified atom stereocenters. The summed E-state index contributed by atoms with van der Waals surface area (Å²) in [6, 6.07) is 6.89. The molecule has 2 aromatic carbocycles. The molecule has 2 rings (SSSR count). The number of hydrogen-bond acceptors (Lipinski definition) is 7. The molecule has 2 amide bonds. The number of carbonyl (C=O) groups is 3. The topological polar surface area (TPSA) is 176 Å². The molecule has 0 fully saturated rings. The van der Waals surface area contributed by atoms with Crippen LogP contribution < -0.4 is 10.6 Å². The van der Waals surface area contributed by atoms with Crippen molar-refractivity contribution in [1.82, 2.24) is 10.6 Å². The second-order valence-corrected chi connectivity index (χ2v) is 7.00. The normalized spacial score (nSPS) is 12.0. The highest BCUT2D eigenvalue weighted by molar-refractivity contribution is 5.94. The molecular formula is C23H24N2O8. The van der Waals surface area contributed by atoms with Gasteiger partial charge in [0.1, 0.15) is 6.04 Å². The Kier molecular flexibility index (Phi) is 8.86. The fourth-order valence-corrected chi connectivity index (χ4v) is 2.69. The maximum atomic E-state index is 12.0. The molecule has 0 heterocycles. The van der Waals surface area contributed by atoms with Gasteiger partial charge in [0.25, 0.3) is 0 Å². The summed E-state index contributed by atoms with van der Waals surface area (Å²) in [4.78, 5) is 35.2. The van der Waals surface area contributed by atoms with Crippen molar-refractivity contribution in [3.63, 3.8) is 0 Å². The number of aliphatic carboxylic acids is 1. The first-order valence-electron chi connectivity index (χ1n) is 9.87. The molecule has 0 aromatic heterocycles. The first kappa shape index (κ1) is 24.8. The average molecular weight is 456 g/mol. The molecule has 0 aliphatic heterocycles. The van der Waals surface area contributed by atoms with Gasteiger partial charge in [0.15, 0.2) is 23.0 Å². The molecule has 0 aliphatic rings. The number of nitrogens with one attached hydrogen (secondary N) is 2. The predicted octanol–water partition coefficient (Wildman–Crippen LogP) is 1.70. The SMILES string of the molecule is O=C(/C=C/c1ccc(O)c(O)c1)NCCC[C@H](NC(=O)/C=C/c1ccc(O)c(O)c1)C(=O)O. The maximum absolute atomic E-state index is 12.0. The van der Waals surface area contributed by atoms with Crippen LogP contribution in [0.1, 0.15) is 24.0 Å². The minimum Gasteiger partial charge on any atom is -0.504 e. The van der Waals surface area contributed by atoms with Gasteiger partial charge in [-0.15, -0.1) is 0 Å². The summed E-state index contributed by atoms with van der Waals surface area (Å²) in [5.41, 5.74) is 0.940. The van der Waals surface area contributed by atoms with Gasteiger partial charge in [-0.05, 0) is 60.4 Å². The summed E-state index contributed by atoms with van der Waals surface area (Å²) in [5, 5.41) is 51.6. The molecule has 2 aromatic rings. The number of rotatable bonds is 10. The molecule has 0 bridgehead atoms. The zero-order chi connectivity index (χ0) is 24.4. The van der Waals surface area contributed by atoms with Crippen LogP contribution in [0.3, 0.4) is 0 Å². The van der Waals surface area contributed by atoms with Crippen LogP contribution >= 0.6 is 0 Å². The van der Waals surface area contributed by atoms with E-state index >= 15 is 0 Å². The Morgan fingerprint density at radius 1 is 0.788 bits per heavy atom. The summed E-state index contributed by atoms with van der Waals surface area (Å²) in [7, 11) is 0. The summed E-state index contributed by atoms with van der Waals surface area (Å²) in [6.07, 6.45) is 5.49. The molecule has 33 heavy (non-hydrogen) atoms. The zero-order valence-electron chi connectivity index (χ0n) is 17.4. The number of carbonyl (C=O) groups excluding carboxylic acids is 2. The molecule has 0 saturated heterocycles. The molecule has 0 aliphatic carbocycles. The molecule has 0 saturated carbocycles. The van der Waals surface area contributed by atoms with Crippen LogP contribution in [0.2, 0.25) is 0 Å². The summed E-state index contributed by atoms with van der Waals surface area (Å²) >= 11 is 0. The Morgan fingerprint density at radius 2 is 1.30 bits per heavy atom. The lowest BCUT2D eigenvalue weighted by molar-refractivity contribution is -0.141. The Bertz CT molecular complexity index is 1080. The Hall–Kier alpha value is -4.47. The fraction of sp³-hybridized carbons (Fsp3) is 0.174. The Morgan fingerprint density at radius 3 is 1.79 bits per heavy atom. The van der Waals surface area contributed by atoms with Crippen molar-refractivity contribution in [3.8, 4) is 23.0 Å². The van der Waals surface area contributed by atoms with Crippen LogP contribution in [0.5, 0.6) is 23.0 Å². The number of carboxylic acids is 1. The lowest BCUT2D eigenvalue weighted by Gasteiger charge is -2.13. The second-order valence-electron chi connectivity index (χ2n) is 7.00. The molecule has 174 valence electrons. The van der Waals surface area contributed by atoms with Gasteiger partial charge in [-0.25, -0.2) is 4.79 Å². The first-order chi connectivity index (χ1) is 15.7. The van der Waals surface area contributed by atoms with Crippen LogP contribution in [-0.2, 0) is 14.4 Å². The van der Waals surface area contributed by atoms with Crippen LogP contribution in [-0.4, -0.2) is 55.9 Å². The molecule has 1 atom stereocenters. The van der Waals surface area contributed by atoms with Gasteiger partial charge in [0.2, 0.25) is 11.8 Å². The number of amides is 2. The van der Waals surface area contributed by atoms with Crippen LogP contribution in [0.25, 0.3) is 12.2 Å². The quantitative estimate of drug-likeness (QED) is 0.160. The molecule has 0 spiro atoms. The molecule has 7 N–H and O–H groups in total. The van der Waals surface area contributed by atoms with E-state index in [0.29, 0.717) is 11.1 Å². The highest BCUT2D eigenvalue weighted by Crippen LogP contribution is 2.26. The van der Waals surface area contributed by atoms with Crippen molar-refractivity contribution < 1.29 is 39.9 Å². The number of phenolic OH excluding ortho intramolecular Hbond substituents is 4. The number of benzene rings is 2. The Labute approximate surface area is 189 Å². The molecule has 10 nitrogen and oxygen atoms in total. The van der Waals surface area contributed by atoms with Crippen LogP contribution in [0, 0.1) is 0 Å². The van der Waals surface area contributed by atoms with Crippen molar-refractivity contribution in [2.75, 3.05) is 6.54 Å². The monoisotopic (exact) mass is 456 g/mol. The van der Waals surface area contributed by atoms with Gasteiger partial charge >= 0.3 is 5.97 Å². The standard InChI is InChI=1S/C23H24N2O8/c26-17-7-3-14(12-19(17)28)5-9-21(30)24-11-1-2-16(23(32)33)25-22(31)10-6-15-4-8-18(27)20(29)13-15/h3-10,12-13,16,26-29H,1-2,11H2,(H,24,30)(H,25,31)(H,32,33)/b9-5+,10-6+/t16-/m0/s1. The maximum Gasteiger partial charge on any atom is 0.326 e. The van der Waals surface area contributed by atoms with Gasteiger partial charge in [0.05, 0.1) is 0 Å².